The molecule has 1 saturated heterocycles. The smallest absolute Gasteiger partial charge is 0.370 e. The van der Waals surface area contributed by atoms with Gasteiger partial charge in [-0.1, -0.05) is 74.5 Å². The van der Waals surface area contributed by atoms with Gasteiger partial charge < -0.3 is 5.73 Å². The molecule has 1 aliphatic rings. The number of primary amides is 1. The zero-order chi connectivity index (χ0) is 23.4. The Labute approximate surface area is 189 Å². The SMILES string of the molecule is CC(C)CC1(CC(N)=O)C(=O)[N+](CCc2ccccc2)(OCc2ccccc2)C(=O)N1C. The number of nitrogens with zero attached hydrogens (tertiary/aromatic N) is 2. The summed E-state index contributed by atoms with van der Waals surface area (Å²) in [5.74, 6) is -0.981. The molecule has 2 aromatic carbocycles. The lowest BCUT2D eigenvalue weighted by Gasteiger charge is -2.30. The third-order valence-electron chi connectivity index (χ3n) is 6.03. The fourth-order valence-electron chi connectivity index (χ4n) is 4.51. The number of urea groups is 1. The van der Waals surface area contributed by atoms with E-state index in [1.165, 1.54) is 4.90 Å². The summed E-state index contributed by atoms with van der Waals surface area (Å²) in [6.45, 7) is 4.14. The standard InChI is InChI=1S/C25H31N3O4/c1-19(2)16-25(17-22(26)29)23(30)28(24(31)27(25)3,15-14-20-10-6-4-7-11-20)32-18-21-12-8-5-9-13-21/h4-13,19H,14-18H2,1-3H3,(H-,26,29)/p+1. The number of carbonyl (C=O) groups excluding carboxylic acids is 3. The van der Waals surface area contributed by atoms with Gasteiger partial charge in [-0.05, 0) is 28.1 Å². The Balaban J connectivity index is 2.01. The van der Waals surface area contributed by atoms with Crippen molar-refractivity contribution in [2.24, 2.45) is 11.7 Å². The maximum Gasteiger partial charge on any atom is 0.460 e. The predicted molar refractivity (Wildman–Crippen MR) is 121 cm³/mol. The van der Waals surface area contributed by atoms with Crippen molar-refractivity contribution < 1.29 is 23.9 Å². The van der Waals surface area contributed by atoms with E-state index in [0.29, 0.717) is 12.8 Å². The van der Waals surface area contributed by atoms with Gasteiger partial charge in [0, 0.05) is 13.5 Å². The molecule has 0 saturated carbocycles. The van der Waals surface area contributed by atoms with E-state index in [1.54, 1.807) is 7.05 Å². The molecule has 1 heterocycles. The van der Waals surface area contributed by atoms with Gasteiger partial charge in [0.05, 0.1) is 6.42 Å². The number of hydrogen-bond donors (Lipinski definition) is 1. The molecule has 0 bridgehead atoms. The Morgan fingerprint density at radius 2 is 1.59 bits per heavy atom. The van der Waals surface area contributed by atoms with E-state index in [0.717, 1.165) is 11.1 Å². The van der Waals surface area contributed by atoms with Gasteiger partial charge in [0.15, 0.2) is 5.54 Å². The first-order valence-corrected chi connectivity index (χ1v) is 10.9. The molecule has 0 radical (unpaired) electrons. The van der Waals surface area contributed by atoms with Crippen molar-refractivity contribution >= 4 is 17.8 Å². The first-order valence-electron chi connectivity index (χ1n) is 10.9. The largest absolute Gasteiger partial charge is 0.460 e. The van der Waals surface area contributed by atoms with Gasteiger partial charge in [0.25, 0.3) is 0 Å². The van der Waals surface area contributed by atoms with E-state index in [4.69, 9.17) is 10.6 Å². The highest BCUT2D eigenvalue weighted by molar-refractivity contribution is 6.00. The number of hydroxylamine groups is 3. The van der Waals surface area contributed by atoms with E-state index in [-0.39, 0.29) is 25.5 Å². The molecule has 7 nitrogen and oxygen atoms in total. The lowest BCUT2D eigenvalue weighted by molar-refractivity contribution is -0.979. The molecular weight excluding hydrogens is 406 g/mol. The van der Waals surface area contributed by atoms with Gasteiger partial charge in [-0.25, -0.2) is 9.59 Å². The van der Waals surface area contributed by atoms with Gasteiger partial charge >= 0.3 is 11.9 Å². The van der Waals surface area contributed by atoms with Crippen molar-refractivity contribution in [2.45, 2.75) is 45.3 Å². The van der Waals surface area contributed by atoms with Crippen LogP contribution in [0.25, 0.3) is 0 Å². The second-order valence-corrected chi connectivity index (χ2v) is 8.88. The molecule has 3 rings (SSSR count). The highest BCUT2D eigenvalue weighted by Crippen LogP contribution is 2.41. The van der Waals surface area contributed by atoms with E-state index >= 15 is 0 Å². The number of quaternary nitrogens is 1. The second kappa shape index (κ2) is 9.63. The molecule has 2 unspecified atom stereocenters. The molecule has 2 N–H and O–H groups in total. The minimum atomic E-state index is -1.33. The van der Waals surface area contributed by atoms with Crippen LogP contribution < -0.4 is 5.73 Å². The van der Waals surface area contributed by atoms with Crippen molar-refractivity contribution in [3.05, 3.63) is 71.8 Å². The zero-order valence-corrected chi connectivity index (χ0v) is 19.0. The summed E-state index contributed by atoms with van der Waals surface area (Å²) in [4.78, 5) is 47.3. The van der Waals surface area contributed by atoms with Crippen LogP contribution in [0.1, 0.15) is 37.8 Å². The summed E-state index contributed by atoms with van der Waals surface area (Å²) < 4.78 is -0.791. The average molecular weight is 439 g/mol. The van der Waals surface area contributed by atoms with E-state index < -0.39 is 28.0 Å². The molecule has 32 heavy (non-hydrogen) atoms. The fraction of sp³-hybridized carbons (Fsp3) is 0.400. The monoisotopic (exact) mass is 438 g/mol. The molecular formula is C25H32N3O4+. The first kappa shape index (κ1) is 23.6. The van der Waals surface area contributed by atoms with Gasteiger partial charge in [0.1, 0.15) is 13.2 Å². The normalized spacial score (nSPS) is 23.2. The molecule has 0 aliphatic carbocycles. The number of amides is 4. The van der Waals surface area contributed by atoms with Crippen LogP contribution in [-0.2, 0) is 27.5 Å². The number of imide groups is 1. The minimum Gasteiger partial charge on any atom is -0.370 e. The van der Waals surface area contributed by atoms with Gasteiger partial charge in [-0.15, -0.1) is 0 Å². The number of nitrogens with two attached hydrogens (primary N) is 1. The number of rotatable bonds is 10. The van der Waals surface area contributed by atoms with Crippen LogP contribution in [0.4, 0.5) is 4.79 Å². The Kier molecular flexibility index (Phi) is 7.11. The molecule has 7 heteroatoms. The summed E-state index contributed by atoms with van der Waals surface area (Å²) in [7, 11) is 1.57. The van der Waals surface area contributed by atoms with E-state index in [1.807, 2.05) is 74.5 Å². The highest BCUT2D eigenvalue weighted by Gasteiger charge is 2.70. The molecule has 170 valence electrons. The summed E-state index contributed by atoms with van der Waals surface area (Å²) in [6.07, 6.45) is 0.568. The quantitative estimate of drug-likeness (QED) is 0.455. The Morgan fingerprint density at radius 1 is 1.03 bits per heavy atom. The first-order chi connectivity index (χ1) is 15.2. The summed E-state index contributed by atoms with van der Waals surface area (Å²) >= 11 is 0. The van der Waals surface area contributed by atoms with Crippen LogP contribution >= 0.6 is 0 Å². The van der Waals surface area contributed by atoms with Crippen LogP contribution in [0.2, 0.25) is 0 Å². The van der Waals surface area contributed by atoms with Crippen molar-refractivity contribution in [3.63, 3.8) is 0 Å². The summed E-state index contributed by atoms with van der Waals surface area (Å²) in [5, 5.41) is 0. The summed E-state index contributed by atoms with van der Waals surface area (Å²) in [6, 6.07) is 18.6. The predicted octanol–water partition coefficient (Wildman–Crippen LogP) is 3.43. The molecule has 2 aromatic rings. The fourth-order valence-corrected chi connectivity index (χ4v) is 4.51. The van der Waals surface area contributed by atoms with Crippen molar-refractivity contribution in [1.82, 2.24) is 4.90 Å². The Hall–Kier alpha value is -3.03. The maximum atomic E-state index is 14.1. The second-order valence-electron chi connectivity index (χ2n) is 8.88. The average Bonchev–Trinajstić information content (AvgIpc) is 2.91. The lowest BCUT2D eigenvalue weighted by atomic mass is 9.84. The van der Waals surface area contributed by atoms with Crippen molar-refractivity contribution in [2.75, 3.05) is 13.6 Å². The van der Waals surface area contributed by atoms with Gasteiger partial charge in [-0.3, -0.25) is 9.69 Å². The number of hydrogen-bond acceptors (Lipinski definition) is 4. The van der Waals surface area contributed by atoms with Crippen LogP contribution in [0, 0.1) is 5.92 Å². The molecule has 0 aromatic heterocycles. The topological polar surface area (TPSA) is 89.7 Å². The summed E-state index contributed by atoms with van der Waals surface area (Å²) in [5.41, 5.74) is 6.06. The number of carbonyl (C=O) groups is 3. The van der Waals surface area contributed by atoms with Crippen LogP contribution in [0.5, 0.6) is 0 Å². The van der Waals surface area contributed by atoms with Crippen LogP contribution in [-0.4, -0.2) is 46.5 Å². The molecule has 4 amide bonds. The number of benzene rings is 2. The van der Waals surface area contributed by atoms with E-state index in [2.05, 4.69) is 0 Å². The molecule has 1 aliphatic heterocycles. The maximum absolute atomic E-state index is 14.1. The number of likely N-dealkylation sites (N-methyl/N-ethyl adjacent to an activating group) is 1. The van der Waals surface area contributed by atoms with Gasteiger partial charge in [0.2, 0.25) is 5.91 Å². The zero-order valence-electron chi connectivity index (χ0n) is 19.0. The van der Waals surface area contributed by atoms with Crippen LogP contribution in [0.3, 0.4) is 0 Å². The molecule has 2 atom stereocenters. The third kappa shape index (κ3) is 4.59. The van der Waals surface area contributed by atoms with E-state index in [9.17, 15) is 14.4 Å². The molecule has 0 spiro atoms. The minimum absolute atomic E-state index is 0.0665. The molecule has 1 fully saturated rings. The Bertz CT molecular complexity index is 918. The highest BCUT2D eigenvalue weighted by atomic mass is 16.7. The Morgan fingerprint density at radius 3 is 2.12 bits per heavy atom. The van der Waals surface area contributed by atoms with Crippen molar-refractivity contribution in [3.8, 4) is 0 Å². The van der Waals surface area contributed by atoms with Crippen molar-refractivity contribution in [1.29, 1.82) is 0 Å². The van der Waals surface area contributed by atoms with Crippen LogP contribution in [0.15, 0.2) is 60.7 Å². The third-order valence-corrected chi connectivity index (χ3v) is 6.03. The lowest BCUT2D eigenvalue weighted by Crippen LogP contribution is -2.57. The van der Waals surface area contributed by atoms with Gasteiger partial charge in [-0.2, -0.15) is 4.84 Å².